The fraction of sp³-hybridized carbons (Fsp3) is 0.222. The molecule has 3 rings (SSSR count). The lowest BCUT2D eigenvalue weighted by Gasteiger charge is -2.08. The van der Waals surface area contributed by atoms with Crippen LogP contribution in [0.15, 0.2) is 48.7 Å². The second-order valence-electron chi connectivity index (χ2n) is 5.54. The first-order valence-corrected chi connectivity index (χ1v) is 7.60. The van der Waals surface area contributed by atoms with Crippen LogP contribution in [0.5, 0.6) is 5.75 Å². The molecule has 0 atom stereocenters. The van der Waals surface area contributed by atoms with Crippen LogP contribution in [0.25, 0.3) is 10.9 Å². The van der Waals surface area contributed by atoms with Gasteiger partial charge in [-0.2, -0.15) is 0 Å². The Labute approximate surface area is 134 Å². The van der Waals surface area contributed by atoms with E-state index in [1.165, 1.54) is 6.07 Å². The summed E-state index contributed by atoms with van der Waals surface area (Å²) >= 11 is 6.10. The normalized spacial score (nSPS) is 11.3. The third kappa shape index (κ3) is 2.81. The fourth-order valence-corrected chi connectivity index (χ4v) is 2.72. The van der Waals surface area contributed by atoms with Crippen molar-refractivity contribution in [2.24, 2.45) is 0 Å². The van der Waals surface area contributed by atoms with Gasteiger partial charge < -0.3 is 9.30 Å². The quantitative estimate of drug-likeness (QED) is 0.611. The molecule has 0 N–H and O–H groups in total. The van der Waals surface area contributed by atoms with E-state index in [2.05, 4.69) is 18.4 Å². The standard InChI is InChI=1S/C18H17ClFNO/c1-12(2)21-10-13(15-8-7-14(19)9-17(15)21)11-22-18-6-4-3-5-16(18)20/h3-10,12H,11H2,1-2H3. The third-order valence-electron chi connectivity index (χ3n) is 3.65. The van der Waals surface area contributed by atoms with Crippen LogP contribution in [0, 0.1) is 5.82 Å². The number of rotatable bonds is 4. The molecule has 4 heteroatoms. The minimum absolute atomic E-state index is 0.266. The maximum absolute atomic E-state index is 13.6. The zero-order valence-corrected chi connectivity index (χ0v) is 13.3. The molecule has 0 saturated heterocycles. The topological polar surface area (TPSA) is 14.2 Å². The SMILES string of the molecule is CC(C)n1cc(COc2ccccc2F)c2ccc(Cl)cc21. The van der Waals surface area contributed by atoms with Crippen molar-refractivity contribution < 1.29 is 9.13 Å². The average molecular weight is 318 g/mol. The molecule has 0 saturated carbocycles. The molecule has 0 unspecified atom stereocenters. The largest absolute Gasteiger partial charge is 0.486 e. The predicted octanol–water partition coefficient (Wildman–Crippen LogP) is 5.59. The first-order chi connectivity index (χ1) is 10.6. The van der Waals surface area contributed by atoms with Crippen molar-refractivity contribution in [3.05, 3.63) is 65.1 Å². The Balaban J connectivity index is 1.96. The Morgan fingerprint density at radius 1 is 1.18 bits per heavy atom. The van der Waals surface area contributed by atoms with Gasteiger partial charge in [0, 0.05) is 28.2 Å². The maximum Gasteiger partial charge on any atom is 0.165 e. The van der Waals surface area contributed by atoms with Crippen molar-refractivity contribution >= 4 is 22.5 Å². The van der Waals surface area contributed by atoms with E-state index in [4.69, 9.17) is 16.3 Å². The Hall–Kier alpha value is -2.00. The smallest absolute Gasteiger partial charge is 0.165 e. The molecule has 0 spiro atoms. The Kier molecular flexibility index (Phi) is 4.08. The molecule has 3 aromatic rings. The van der Waals surface area contributed by atoms with Crippen molar-refractivity contribution in [1.29, 1.82) is 0 Å². The van der Waals surface area contributed by atoms with Crippen molar-refractivity contribution in [3.8, 4) is 5.75 Å². The lowest BCUT2D eigenvalue weighted by molar-refractivity contribution is 0.291. The minimum atomic E-state index is -0.349. The number of ether oxygens (including phenoxy) is 1. The van der Waals surface area contributed by atoms with E-state index in [-0.39, 0.29) is 11.6 Å². The molecule has 2 aromatic carbocycles. The molecule has 0 aliphatic heterocycles. The number of hydrogen-bond donors (Lipinski definition) is 0. The number of nitrogens with zero attached hydrogens (tertiary/aromatic N) is 1. The number of benzene rings is 2. The number of hydrogen-bond acceptors (Lipinski definition) is 1. The van der Waals surface area contributed by atoms with E-state index in [9.17, 15) is 4.39 Å². The fourth-order valence-electron chi connectivity index (χ4n) is 2.56. The van der Waals surface area contributed by atoms with Crippen LogP contribution in [0.1, 0.15) is 25.5 Å². The highest BCUT2D eigenvalue weighted by Crippen LogP contribution is 2.28. The minimum Gasteiger partial charge on any atom is -0.486 e. The van der Waals surface area contributed by atoms with E-state index >= 15 is 0 Å². The van der Waals surface area contributed by atoms with Gasteiger partial charge in [-0.25, -0.2) is 4.39 Å². The van der Waals surface area contributed by atoms with Crippen LogP contribution in [-0.2, 0) is 6.61 Å². The highest BCUT2D eigenvalue weighted by Gasteiger charge is 2.12. The molecule has 114 valence electrons. The van der Waals surface area contributed by atoms with Gasteiger partial charge in [-0.05, 0) is 38.1 Å². The number of para-hydroxylation sites is 1. The predicted molar refractivity (Wildman–Crippen MR) is 88.1 cm³/mol. The Morgan fingerprint density at radius 2 is 1.95 bits per heavy atom. The zero-order valence-electron chi connectivity index (χ0n) is 12.5. The zero-order chi connectivity index (χ0) is 15.7. The van der Waals surface area contributed by atoms with Gasteiger partial charge in [0.15, 0.2) is 11.6 Å². The molecule has 0 aliphatic carbocycles. The molecule has 2 nitrogen and oxygen atoms in total. The van der Waals surface area contributed by atoms with Crippen molar-refractivity contribution in [2.45, 2.75) is 26.5 Å². The van der Waals surface area contributed by atoms with Crippen LogP contribution in [0.4, 0.5) is 4.39 Å². The van der Waals surface area contributed by atoms with E-state index < -0.39 is 0 Å². The number of aromatic nitrogens is 1. The van der Waals surface area contributed by atoms with E-state index in [1.807, 2.05) is 24.4 Å². The summed E-state index contributed by atoms with van der Waals surface area (Å²) in [5.41, 5.74) is 2.08. The summed E-state index contributed by atoms with van der Waals surface area (Å²) < 4.78 is 21.4. The summed E-state index contributed by atoms with van der Waals surface area (Å²) in [6.45, 7) is 4.54. The second kappa shape index (κ2) is 6.01. The molecule has 0 aliphatic rings. The van der Waals surface area contributed by atoms with Gasteiger partial charge in [-0.15, -0.1) is 0 Å². The van der Waals surface area contributed by atoms with Crippen molar-refractivity contribution in [1.82, 2.24) is 4.57 Å². The van der Waals surface area contributed by atoms with Crippen molar-refractivity contribution in [2.75, 3.05) is 0 Å². The van der Waals surface area contributed by atoms with Gasteiger partial charge in [0.2, 0.25) is 0 Å². The summed E-state index contributed by atoms with van der Waals surface area (Å²) in [5, 5.41) is 1.78. The van der Waals surface area contributed by atoms with E-state index in [1.54, 1.807) is 18.2 Å². The molecule has 0 fully saturated rings. The molecule has 0 bridgehead atoms. The van der Waals surface area contributed by atoms with E-state index in [0.717, 1.165) is 16.5 Å². The molecule has 0 amide bonds. The van der Waals surface area contributed by atoms with E-state index in [0.29, 0.717) is 17.7 Å². The van der Waals surface area contributed by atoms with Crippen molar-refractivity contribution in [3.63, 3.8) is 0 Å². The van der Waals surface area contributed by atoms with Crippen LogP contribution in [-0.4, -0.2) is 4.57 Å². The first kappa shape index (κ1) is 14.9. The molecule has 1 heterocycles. The molecular formula is C18H17ClFNO. The van der Waals surface area contributed by atoms with Gasteiger partial charge in [0.1, 0.15) is 6.61 Å². The summed E-state index contributed by atoms with van der Waals surface area (Å²) in [5.74, 6) is -0.0833. The van der Waals surface area contributed by atoms with Gasteiger partial charge in [0.05, 0.1) is 5.52 Å². The van der Waals surface area contributed by atoms with Gasteiger partial charge >= 0.3 is 0 Å². The summed E-state index contributed by atoms with van der Waals surface area (Å²) in [6, 6.07) is 12.5. The number of halogens is 2. The highest BCUT2D eigenvalue weighted by molar-refractivity contribution is 6.31. The highest BCUT2D eigenvalue weighted by atomic mass is 35.5. The number of fused-ring (bicyclic) bond motifs is 1. The van der Waals surface area contributed by atoms with Gasteiger partial charge in [-0.1, -0.05) is 29.8 Å². The third-order valence-corrected chi connectivity index (χ3v) is 3.89. The molecule has 22 heavy (non-hydrogen) atoms. The van der Waals surface area contributed by atoms with Crippen LogP contribution in [0.3, 0.4) is 0 Å². The van der Waals surface area contributed by atoms with Crippen LogP contribution < -0.4 is 4.74 Å². The van der Waals surface area contributed by atoms with Gasteiger partial charge in [-0.3, -0.25) is 0 Å². The summed E-state index contributed by atoms with van der Waals surface area (Å²) in [6.07, 6.45) is 2.05. The Morgan fingerprint density at radius 3 is 2.68 bits per heavy atom. The monoisotopic (exact) mass is 317 g/mol. The van der Waals surface area contributed by atoms with Gasteiger partial charge in [0.25, 0.3) is 0 Å². The molecular weight excluding hydrogens is 301 g/mol. The average Bonchev–Trinajstić information content (AvgIpc) is 2.84. The summed E-state index contributed by atoms with van der Waals surface area (Å²) in [4.78, 5) is 0. The lowest BCUT2D eigenvalue weighted by Crippen LogP contribution is -1.99. The molecule has 0 radical (unpaired) electrons. The second-order valence-corrected chi connectivity index (χ2v) is 5.97. The van der Waals surface area contributed by atoms with Crippen LogP contribution in [0.2, 0.25) is 5.02 Å². The first-order valence-electron chi connectivity index (χ1n) is 7.22. The summed E-state index contributed by atoms with van der Waals surface area (Å²) in [7, 11) is 0. The molecule has 1 aromatic heterocycles. The maximum atomic E-state index is 13.6. The lowest BCUT2D eigenvalue weighted by atomic mass is 10.2. The Bertz CT molecular complexity index is 810. The van der Waals surface area contributed by atoms with Crippen LogP contribution >= 0.6 is 11.6 Å².